The topological polar surface area (TPSA) is 66.1 Å². The molecule has 1 aromatic heterocycles. The monoisotopic (exact) mass is 197 g/mol. The highest BCUT2D eigenvalue weighted by Crippen LogP contribution is 2.12. The van der Waals surface area contributed by atoms with Crippen molar-refractivity contribution < 1.29 is 4.74 Å². The molecule has 0 aromatic carbocycles. The Hall–Kier alpha value is -1.30. The Labute approximate surface area is 82.7 Å². The quantitative estimate of drug-likeness (QED) is 0.676. The Balaban J connectivity index is 2.06. The number of nitrogens with zero attached hydrogens (tertiary/aromatic N) is 3. The largest absolute Gasteiger partial charge is 0.466 e. The van der Waals surface area contributed by atoms with Crippen molar-refractivity contribution in [3.05, 3.63) is 0 Å². The lowest BCUT2D eigenvalue weighted by Gasteiger charge is -2.31. The molecule has 6 nitrogen and oxygen atoms in total. The highest BCUT2D eigenvalue weighted by Gasteiger charge is 2.18. The van der Waals surface area contributed by atoms with Crippen LogP contribution in [-0.2, 0) is 0 Å². The van der Waals surface area contributed by atoms with Crippen molar-refractivity contribution in [2.45, 2.75) is 13.0 Å². The number of methoxy groups -OCH3 is 1. The number of anilines is 1. The second-order valence-electron chi connectivity index (χ2n) is 3.45. The molecule has 1 aliphatic heterocycles. The molecular weight excluding hydrogens is 182 g/mol. The number of piperazine rings is 1. The Bertz CT molecular complexity index is 300. The summed E-state index contributed by atoms with van der Waals surface area (Å²) in [5.74, 6) is 0.787. The first-order valence-electron chi connectivity index (χ1n) is 4.74. The van der Waals surface area contributed by atoms with Crippen molar-refractivity contribution in [2.24, 2.45) is 0 Å². The second-order valence-corrected chi connectivity index (χ2v) is 3.45. The molecule has 1 unspecified atom stereocenters. The molecule has 1 saturated heterocycles. The first-order valence-corrected chi connectivity index (χ1v) is 4.74. The summed E-state index contributed by atoms with van der Waals surface area (Å²) < 4.78 is 4.92. The van der Waals surface area contributed by atoms with E-state index in [1.165, 1.54) is 0 Å². The van der Waals surface area contributed by atoms with Gasteiger partial charge in [0.2, 0.25) is 5.95 Å². The van der Waals surface area contributed by atoms with Crippen LogP contribution in [0.5, 0.6) is 6.01 Å². The first kappa shape index (κ1) is 9.26. The van der Waals surface area contributed by atoms with Gasteiger partial charge in [-0.25, -0.2) is 5.10 Å². The Morgan fingerprint density at radius 2 is 2.43 bits per heavy atom. The van der Waals surface area contributed by atoms with E-state index in [9.17, 15) is 0 Å². The Morgan fingerprint density at radius 1 is 1.57 bits per heavy atom. The average molecular weight is 197 g/mol. The molecule has 2 heterocycles. The number of aromatic nitrogens is 3. The molecule has 0 radical (unpaired) electrons. The molecule has 0 amide bonds. The molecule has 78 valence electrons. The van der Waals surface area contributed by atoms with E-state index in [-0.39, 0.29) is 0 Å². The number of hydrogen-bond donors (Lipinski definition) is 2. The molecule has 1 aliphatic rings. The minimum Gasteiger partial charge on any atom is -0.466 e. The molecule has 0 spiro atoms. The van der Waals surface area contributed by atoms with E-state index in [0.29, 0.717) is 12.1 Å². The molecule has 1 aromatic rings. The van der Waals surface area contributed by atoms with Gasteiger partial charge in [0, 0.05) is 25.7 Å². The summed E-state index contributed by atoms with van der Waals surface area (Å²) >= 11 is 0. The number of hydrogen-bond acceptors (Lipinski definition) is 5. The zero-order chi connectivity index (χ0) is 9.97. The van der Waals surface area contributed by atoms with Crippen LogP contribution in [0.1, 0.15) is 6.92 Å². The molecule has 1 atom stereocenters. The third kappa shape index (κ3) is 1.79. The predicted octanol–water partition coefficient (Wildman–Crippen LogP) is -0.389. The minimum absolute atomic E-state index is 0.395. The zero-order valence-corrected chi connectivity index (χ0v) is 8.45. The van der Waals surface area contributed by atoms with Crippen molar-refractivity contribution in [3.63, 3.8) is 0 Å². The number of aromatic amines is 1. The molecule has 1 fully saturated rings. The van der Waals surface area contributed by atoms with Gasteiger partial charge in [-0.15, -0.1) is 5.10 Å². The van der Waals surface area contributed by atoms with Crippen LogP contribution in [-0.4, -0.2) is 48.0 Å². The van der Waals surface area contributed by atoms with Crippen LogP contribution in [0.2, 0.25) is 0 Å². The van der Waals surface area contributed by atoms with E-state index < -0.39 is 0 Å². The fourth-order valence-electron chi connectivity index (χ4n) is 1.60. The number of nitrogens with one attached hydrogen (secondary N) is 2. The maximum absolute atomic E-state index is 4.92. The highest BCUT2D eigenvalue weighted by molar-refractivity contribution is 5.31. The SMILES string of the molecule is COc1n[nH]c(N2CCNC(C)C2)n1. The van der Waals surface area contributed by atoms with Crippen molar-refractivity contribution in [3.8, 4) is 6.01 Å². The number of ether oxygens (including phenoxy) is 1. The summed E-state index contributed by atoms with van der Waals surface area (Å²) in [5.41, 5.74) is 0. The first-order chi connectivity index (χ1) is 6.79. The fourth-order valence-corrected chi connectivity index (χ4v) is 1.60. The van der Waals surface area contributed by atoms with E-state index in [4.69, 9.17) is 4.74 Å². The van der Waals surface area contributed by atoms with Gasteiger partial charge in [0.1, 0.15) is 0 Å². The summed E-state index contributed by atoms with van der Waals surface area (Å²) in [4.78, 5) is 6.36. The molecule has 14 heavy (non-hydrogen) atoms. The van der Waals surface area contributed by atoms with Gasteiger partial charge in [0.15, 0.2) is 0 Å². The van der Waals surface area contributed by atoms with Crippen LogP contribution in [0.3, 0.4) is 0 Å². The van der Waals surface area contributed by atoms with Gasteiger partial charge < -0.3 is 15.0 Å². The van der Waals surface area contributed by atoms with Crippen LogP contribution < -0.4 is 15.0 Å². The van der Waals surface area contributed by atoms with Crippen LogP contribution in [0.15, 0.2) is 0 Å². The smallest absolute Gasteiger partial charge is 0.336 e. The lowest BCUT2D eigenvalue weighted by Crippen LogP contribution is -2.49. The second kappa shape index (κ2) is 3.83. The molecule has 0 bridgehead atoms. The average Bonchev–Trinajstić information content (AvgIpc) is 2.66. The van der Waals surface area contributed by atoms with Crippen molar-refractivity contribution >= 4 is 5.95 Å². The van der Waals surface area contributed by atoms with Crippen LogP contribution in [0.4, 0.5) is 5.95 Å². The maximum atomic E-state index is 4.92. The molecule has 2 N–H and O–H groups in total. The van der Waals surface area contributed by atoms with Gasteiger partial charge in [-0.2, -0.15) is 4.98 Å². The van der Waals surface area contributed by atoms with Crippen molar-refractivity contribution in [2.75, 3.05) is 31.6 Å². The number of H-pyrrole nitrogens is 1. The van der Waals surface area contributed by atoms with Gasteiger partial charge in [-0.05, 0) is 6.92 Å². The van der Waals surface area contributed by atoms with E-state index in [2.05, 4.69) is 32.3 Å². The van der Waals surface area contributed by atoms with Crippen molar-refractivity contribution in [1.82, 2.24) is 20.5 Å². The summed E-state index contributed by atoms with van der Waals surface area (Å²) in [7, 11) is 1.56. The van der Waals surface area contributed by atoms with E-state index in [1.807, 2.05) is 0 Å². The van der Waals surface area contributed by atoms with Crippen LogP contribution in [0.25, 0.3) is 0 Å². The summed E-state index contributed by atoms with van der Waals surface area (Å²) in [5, 5.41) is 10.1. The van der Waals surface area contributed by atoms with E-state index in [1.54, 1.807) is 7.11 Å². The van der Waals surface area contributed by atoms with Gasteiger partial charge >= 0.3 is 6.01 Å². The van der Waals surface area contributed by atoms with Gasteiger partial charge in [-0.3, -0.25) is 0 Å². The standard InChI is InChI=1S/C8H15N5O/c1-6-5-13(4-3-9-6)7-10-8(14-2)12-11-7/h6,9H,3-5H2,1-2H3,(H,10,11,12). The van der Waals surface area contributed by atoms with Gasteiger partial charge in [0.05, 0.1) is 7.11 Å². The molecule has 2 rings (SSSR count). The van der Waals surface area contributed by atoms with E-state index in [0.717, 1.165) is 25.6 Å². The molecular formula is C8H15N5O. The minimum atomic E-state index is 0.395. The van der Waals surface area contributed by atoms with Crippen LogP contribution in [0, 0.1) is 0 Å². The Morgan fingerprint density at radius 3 is 3.07 bits per heavy atom. The normalized spacial score (nSPS) is 22.4. The highest BCUT2D eigenvalue weighted by atomic mass is 16.5. The van der Waals surface area contributed by atoms with Crippen LogP contribution >= 0.6 is 0 Å². The predicted molar refractivity (Wildman–Crippen MR) is 52.6 cm³/mol. The molecule has 6 heteroatoms. The van der Waals surface area contributed by atoms with E-state index >= 15 is 0 Å². The Kier molecular flexibility index (Phi) is 2.53. The third-order valence-corrected chi connectivity index (χ3v) is 2.30. The lowest BCUT2D eigenvalue weighted by molar-refractivity contribution is 0.381. The lowest BCUT2D eigenvalue weighted by atomic mass is 10.2. The van der Waals surface area contributed by atoms with Gasteiger partial charge in [-0.1, -0.05) is 0 Å². The molecule has 0 aliphatic carbocycles. The number of rotatable bonds is 2. The summed E-state index contributed by atoms with van der Waals surface area (Å²) in [6, 6.07) is 0.881. The zero-order valence-electron chi connectivity index (χ0n) is 8.45. The fraction of sp³-hybridized carbons (Fsp3) is 0.750. The third-order valence-electron chi connectivity index (χ3n) is 2.30. The maximum Gasteiger partial charge on any atom is 0.336 e. The summed E-state index contributed by atoms with van der Waals surface area (Å²) in [6.07, 6.45) is 0. The van der Waals surface area contributed by atoms with Gasteiger partial charge in [0.25, 0.3) is 0 Å². The van der Waals surface area contributed by atoms with Crippen molar-refractivity contribution in [1.29, 1.82) is 0 Å². The summed E-state index contributed by atoms with van der Waals surface area (Å²) in [6.45, 7) is 5.02. The molecule has 0 saturated carbocycles.